The fourth-order valence-electron chi connectivity index (χ4n) is 14.1. The van der Waals surface area contributed by atoms with Crippen LogP contribution in [-0.4, -0.2) is 214 Å². The number of rotatable bonds is 55. The van der Waals surface area contributed by atoms with E-state index < -0.39 is 162 Å². The van der Waals surface area contributed by atoms with Crippen molar-refractivity contribution in [2.24, 2.45) is 46.4 Å². The van der Waals surface area contributed by atoms with Crippen LogP contribution in [0.5, 0.6) is 5.75 Å². The molecule has 120 heavy (non-hydrogen) atoms. The lowest BCUT2D eigenvalue weighted by molar-refractivity contribution is -0.143. The molecule has 4 aromatic rings. The van der Waals surface area contributed by atoms with Gasteiger partial charge >= 0.3 is 5.97 Å². The summed E-state index contributed by atoms with van der Waals surface area (Å²) in [5.41, 5.74) is 31.6. The number of hydrogen-bond donors (Lipinski definition) is 19. The lowest BCUT2D eigenvalue weighted by Gasteiger charge is -2.32. The number of carbonyl (C=O) groups is 13. The normalized spacial score (nSPS) is 15.9. The zero-order valence-corrected chi connectivity index (χ0v) is 70.7. The molecule has 0 aromatic heterocycles. The Morgan fingerprint density at radius 1 is 0.367 bits per heavy atom. The van der Waals surface area contributed by atoms with Gasteiger partial charge in [-0.2, -0.15) is 0 Å². The number of nitrogens with zero attached hydrogens (tertiary/aromatic N) is 1. The van der Waals surface area contributed by atoms with Gasteiger partial charge in [-0.1, -0.05) is 151 Å². The Kier molecular flexibility index (Phi) is 44.4. The van der Waals surface area contributed by atoms with Crippen molar-refractivity contribution in [3.05, 3.63) is 138 Å². The van der Waals surface area contributed by atoms with Crippen LogP contribution in [0.1, 0.15) is 180 Å². The van der Waals surface area contributed by atoms with Gasteiger partial charge in [-0.05, 0) is 188 Å². The number of aromatic hydroxyl groups is 1. The number of carbonyl (C=O) groups excluding carboxylic acids is 12. The molecule has 1 aliphatic rings. The Balaban J connectivity index is 1.37. The number of likely N-dealkylation sites (tertiary alicyclic amines) is 1. The highest BCUT2D eigenvalue weighted by atomic mass is 16.4. The quantitative estimate of drug-likeness (QED) is 0.0278. The van der Waals surface area contributed by atoms with Crippen molar-refractivity contribution in [2.45, 2.75) is 268 Å². The molecule has 5 rings (SSSR count). The molecule has 1 fully saturated rings. The van der Waals surface area contributed by atoms with Gasteiger partial charge in [0, 0.05) is 32.2 Å². The van der Waals surface area contributed by atoms with Gasteiger partial charge in [0.25, 0.3) is 0 Å². The molecular weight excluding hydrogens is 1540 g/mol. The third-order valence-electron chi connectivity index (χ3n) is 20.7. The van der Waals surface area contributed by atoms with E-state index in [1.165, 1.54) is 36.1 Å². The predicted octanol–water partition coefficient (Wildman–Crippen LogP) is 1.43. The molecule has 0 unspecified atom stereocenters. The second-order valence-electron chi connectivity index (χ2n) is 32.4. The third-order valence-corrected chi connectivity index (χ3v) is 20.7. The zero-order chi connectivity index (χ0) is 88.4. The van der Waals surface area contributed by atoms with Crippen LogP contribution in [0.4, 0.5) is 0 Å². The molecule has 0 radical (unpaired) electrons. The van der Waals surface area contributed by atoms with E-state index in [0.717, 1.165) is 0 Å². The van der Waals surface area contributed by atoms with Crippen LogP contribution in [0.15, 0.2) is 115 Å². The molecule has 0 saturated carbocycles. The summed E-state index contributed by atoms with van der Waals surface area (Å²) in [5.74, 6) is -11.5. The number of unbranched alkanes of at least 4 members (excludes halogenated alkanes) is 4. The topological polar surface area (TPSA) is 548 Å². The number of phenolic OH excluding ortho intramolecular Hbond substituents is 1. The average Bonchev–Trinajstić information content (AvgIpc) is 1.52. The number of aliphatic hydroxyl groups is 1. The second kappa shape index (κ2) is 53.3. The highest BCUT2D eigenvalue weighted by Crippen LogP contribution is 2.23. The first-order valence-corrected chi connectivity index (χ1v) is 42.3. The third kappa shape index (κ3) is 35.5. The summed E-state index contributed by atoms with van der Waals surface area (Å²) in [6, 6.07) is 14.4. The number of phenols is 1. The minimum atomic E-state index is -1.79. The summed E-state index contributed by atoms with van der Waals surface area (Å²) in [5, 5.41) is 62.2. The highest BCUT2D eigenvalue weighted by Gasteiger charge is 2.43. The van der Waals surface area contributed by atoms with Crippen LogP contribution in [0.3, 0.4) is 0 Å². The maximum Gasteiger partial charge on any atom is 0.326 e. The summed E-state index contributed by atoms with van der Waals surface area (Å²) >= 11 is 0. The highest BCUT2D eigenvalue weighted by molar-refractivity contribution is 6.00. The van der Waals surface area contributed by atoms with E-state index in [-0.39, 0.29) is 114 Å². The maximum absolute atomic E-state index is 15.1. The molecule has 4 aromatic carbocycles. The van der Waals surface area contributed by atoms with E-state index in [9.17, 15) is 68.1 Å². The molecule has 33 nitrogen and oxygen atoms in total. The Morgan fingerprint density at radius 3 is 1.03 bits per heavy atom. The molecule has 662 valence electrons. The molecule has 1 heterocycles. The van der Waals surface area contributed by atoms with E-state index in [2.05, 4.69) is 58.5 Å². The maximum atomic E-state index is 15.1. The predicted molar refractivity (Wildman–Crippen MR) is 456 cm³/mol. The Bertz CT molecular complexity index is 3880. The number of hydrogen-bond acceptors (Lipinski definition) is 20. The summed E-state index contributed by atoms with van der Waals surface area (Å²) in [7, 11) is 0. The van der Waals surface area contributed by atoms with Gasteiger partial charge in [-0.15, -0.1) is 0 Å². The molecule has 1 saturated heterocycles. The number of carboxylic acid groups (broad SMARTS) is 1. The molecule has 24 N–H and O–H groups in total. The van der Waals surface area contributed by atoms with Gasteiger partial charge in [0.2, 0.25) is 70.9 Å². The van der Waals surface area contributed by atoms with Crippen molar-refractivity contribution in [3.8, 4) is 5.75 Å². The van der Waals surface area contributed by atoms with E-state index in [0.29, 0.717) is 99.6 Å². The van der Waals surface area contributed by atoms with Crippen LogP contribution in [0.2, 0.25) is 0 Å². The van der Waals surface area contributed by atoms with Gasteiger partial charge in [-0.3, -0.25) is 57.5 Å². The summed E-state index contributed by atoms with van der Waals surface area (Å²) in [4.78, 5) is 189. The van der Waals surface area contributed by atoms with E-state index in [4.69, 9.17) is 28.7 Å². The van der Waals surface area contributed by atoms with Crippen molar-refractivity contribution in [1.82, 2.24) is 63.4 Å². The van der Waals surface area contributed by atoms with E-state index in [1.54, 1.807) is 91.0 Å². The molecule has 33 heteroatoms. The fourth-order valence-corrected chi connectivity index (χ4v) is 14.1. The van der Waals surface area contributed by atoms with Gasteiger partial charge in [-0.25, -0.2) is 4.79 Å². The van der Waals surface area contributed by atoms with Crippen molar-refractivity contribution in [3.63, 3.8) is 0 Å². The van der Waals surface area contributed by atoms with Crippen LogP contribution in [-0.2, 0) is 88.0 Å². The van der Waals surface area contributed by atoms with Gasteiger partial charge in [0.05, 0.1) is 12.1 Å². The van der Waals surface area contributed by atoms with Crippen molar-refractivity contribution in [2.75, 3.05) is 32.7 Å². The number of nitrogens with one attached hydrogen (secondary N) is 11. The summed E-state index contributed by atoms with van der Waals surface area (Å²) < 4.78 is 0. The molecule has 12 amide bonds. The molecular formula is C87H133N17O16. The van der Waals surface area contributed by atoms with E-state index in [1.807, 2.05) is 41.5 Å². The molecule has 0 spiro atoms. The SMILES string of the molecule is CC(C)C[C@H](NC(=O)[C@H](CCCCN)NC(=O)[C@H](CCCCN)NC(=O)[C@H](CCCCN)NC(=O)[C@@H](N)CCCCN)C(=O)N[C@@H](CC(C)C)C(=O)N[C@@H](CC(C)C)C(=O)N1CCC[C@H]1C(=O)N[C@H](C(=O)N[C@@H](Cc1ccc(O)cc1)C(=O)N[C@@H](Cc1ccccc1)C(=O)N[C@@H](Cc1ccccc1)C(=O)N[C@@H](Cc1ccccc1)C(=O)O)[C@@H](C)O. The summed E-state index contributed by atoms with van der Waals surface area (Å²) in [6.45, 7) is 13.5. The molecule has 14 atom stereocenters. The molecule has 0 bridgehead atoms. The Morgan fingerprint density at radius 2 is 0.667 bits per heavy atom. The minimum absolute atomic E-state index is 0.0240. The number of amides is 12. The Hall–Kier alpha value is -10.5. The fraction of sp³-hybridized carbons (Fsp3) is 0.575. The van der Waals surface area contributed by atoms with Crippen molar-refractivity contribution < 1.29 is 77.6 Å². The van der Waals surface area contributed by atoms with Gasteiger partial charge in [0.15, 0.2) is 0 Å². The van der Waals surface area contributed by atoms with Crippen LogP contribution in [0, 0.1) is 17.8 Å². The molecule has 0 aliphatic carbocycles. The first kappa shape index (κ1) is 100. The van der Waals surface area contributed by atoms with Crippen molar-refractivity contribution in [1.29, 1.82) is 0 Å². The average molecular weight is 1670 g/mol. The number of aliphatic hydroxyl groups excluding tert-OH is 1. The van der Waals surface area contributed by atoms with Crippen LogP contribution < -0.4 is 87.2 Å². The minimum Gasteiger partial charge on any atom is -0.508 e. The van der Waals surface area contributed by atoms with Crippen LogP contribution in [0.25, 0.3) is 0 Å². The lowest BCUT2D eigenvalue weighted by atomic mass is 9.98. The summed E-state index contributed by atoms with van der Waals surface area (Å²) in [6.07, 6.45) is 2.98. The van der Waals surface area contributed by atoms with Crippen molar-refractivity contribution >= 4 is 76.9 Å². The number of carboxylic acids is 1. The van der Waals surface area contributed by atoms with Crippen LogP contribution >= 0.6 is 0 Å². The number of aliphatic carboxylic acids is 1. The smallest absolute Gasteiger partial charge is 0.326 e. The first-order chi connectivity index (χ1) is 57.2. The zero-order valence-electron chi connectivity index (χ0n) is 70.7. The molecule has 1 aliphatic heterocycles. The van der Waals surface area contributed by atoms with Gasteiger partial charge in [0.1, 0.15) is 78.3 Å². The van der Waals surface area contributed by atoms with Gasteiger partial charge < -0.3 is 107 Å². The second-order valence-corrected chi connectivity index (χ2v) is 32.4. The first-order valence-electron chi connectivity index (χ1n) is 42.3. The largest absolute Gasteiger partial charge is 0.508 e. The monoisotopic (exact) mass is 1670 g/mol. The Labute approximate surface area is 705 Å². The lowest BCUT2D eigenvalue weighted by Crippen LogP contribution is -2.62. The standard InChI is InChI=1S/C87H133N17O16/c1-53(2)46-66(96-78(110)65(35-20-24-44-91)95-77(109)64(34-19-23-43-90)94-76(108)63(33-18-22-42-89)93-75(107)62(92)32-17-21-41-88)79(111)97-67(47-54(3)4)80(112)101-71(48-55(5)6)86(118)104-45-25-36-73(104)84(116)103-74(56(7)105)85(117)100-70(51-60-37-39-61(106)40-38-60)82(114)98-68(49-57-26-11-8-12-27-57)81(113)99-69(50-58-28-13-9-14-29-58)83(115)102-72(87(119)120)52-59-30-15-10-16-31-59/h8-16,26-31,37-40,53-56,62-74,105-106H,17-25,32-36,41-52,88-92H2,1-7H3,(H,93,107)(H,94,108)(H,95,109)(H,96,110)(H,97,111)(H,98,114)(H,99,113)(H,100,117)(H,101,112)(H,102,115)(H,103,116)(H,119,120)/t56-,62+,63+,64+,65+,66+,67+,68+,69+,70+,71+,72+,73+,74+/m1/s1. The number of benzene rings is 4. The van der Waals surface area contributed by atoms with E-state index >= 15 is 9.59 Å². The number of nitrogens with two attached hydrogens (primary N) is 5.